The van der Waals surface area contributed by atoms with Crippen LogP contribution in [-0.4, -0.2) is 70.7 Å². The van der Waals surface area contributed by atoms with Crippen LogP contribution in [0.3, 0.4) is 0 Å². The lowest BCUT2D eigenvalue weighted by atomic mass is 10.2. The van der Waals surface area contributed by atoms with Gasteiger partial charge in [0, 0.05) is 45.1 Å². The van der Waals surface area contributed by atoms with E-state index >= 15 is 0 Å². The number of nitrogens with one attached hydrogen (secondary N) is 2. The molecule has 0 aromatic carbocycles. The van der Waals surface area contributed by atoms with Gasteiger partial charge in [0.05, 0.1) is 19.8 Å². The average Bonchev–Trinajstić information content (AvgIpc) is 3.12. The van der Waals surface area contributed by atoms with Gasteiger partial charge in [0.15, 0.2) is 5.82 Å². The molecule has 0 unspecified atom stereocenters. The highest BCUT2D eigenvalue weighted by Crippen LogP contribution is 2.29. The number of anilines is 3. The molecule has 2 N–H and O–H groups in total. The largest absolute Gasteiger partial charge is 0.380 e. The van der Waals surface area contributed by atoms with Crippen molar-refractivity contribution in [3.63, 3.8) is 0 Å². The Labute approximate surface area is 188 Å². The second-order valence-corrected chi connectivity index (χ2v) is 7.96. The Balaban J connectivity index is 1.82. The minimum absolute atomic E-state index is 0.366. The van der Waals surface area contributed by atoms with Crippen molar-refractivity contribution in [3.8, 4) is 0 Å². The number of rotatable bonds is 9. The zero-order chi connectivity index (χ0) is 22.5. The first-order valence-corrected chi connectivity index (χ1v) is 11.1. The molecule has 4 heterocycles. The number of aryl methyl sites for hydroxylation is 1. The number of nitrogens with zero attached hydrogens (tertiary/aromatic N) is 6. The molecule has 0 amide bonds. The molecule has 1 fully saturated rings. The fourth-order valence-electron chi connectivity index (χ4n) is 3.90. The van der Waals surface area contributed by atoms with Crippen LogP contribution < -0.4 is 15.5 Å². The van der Waals surface area contributed by atoms with Gasteiger partial charge in [-0.2, -0.15) is 10.1 Å². The summed E-state index contributed by atoms with van der Waals surface area (Å²) in [5, 5.41) is 11.7. The van der Waals surface area contributed by atoms with Gasteiger partial charge in [-0.15, -0.1) is 0 Å². The number of pyridine rings is 1. The van der Waals surface area contributed by atoms with Crippen LogP contribution >= 0.6 is 0 Å². The molecule has 10 nitrogen and oxygen atoms in total. The standard InChI is InChI=1S/C22H32N8O2/c1-5-32-12-11-30-20-19(17(28-30)14-31-4)26-22(29-10-9-23-16(3)13-29)27-21(20)25-18-8-6-7-15(2)24-18/h6-8,16,23H,5,9-14H2,1-4H3,(H,24,25,26,27)/t16-/m1/s1. The predicted molar refractivity (Wildman–Crippen MR) is 124 cm³/mol. The van der Waals surface area contributed by atoms with Crippen molar-refractivity contribution in [2.24, 2.45) is 0 Å². The summed E-state index contributed by atoms with van der Waals surface area (Å²) in [6.45, 7) is 10.9. The van der Waals surface area contributed by atoms with Crippen molar-refractivity contribution in [3.05, 3.63) is 29.6 Å². The van der Waals surface area contributed by atoms with Gasteiger partial charge in [-0.25, -0.2) is 9.97 Å². The van der Waals surface area contributed by atoms with Crippen LogP contribution in [0.5, 0.6) is 0 Å². The Bertz CT molecular complexity index is 1050. The lowest BCUT2D eigenvalue weighted by molar-refractivity contribution is 0.136. The highest BCUT2D eigenvalue weighted by molar-refractivity contribution is 5.90. The van der Waals surface area contributed by atoms with Gasteiger partial charge < -0.3 is 25.0 Å². The third-order valence-electron chi connectivity index (χ3n) is 5.36. The molecule has 10 heteroatoms. The molecule has 4 rings (SSSR count). The summed E-state index contributed by atoms with van der Waals surface area (Å²) in [5.41, 5.74) is 3.33. The van der Waals surface area contributed by atoms with Crippen molar-refractivity contribution in [1.82, 2.24) is 30.0 Å². The Morgan fingerprint density at radius 1 is 1.25 bits per heavy atom. The predicted octanol–water partition coefficient (Wildman–Crippen LogP) is 2.25. The molecular formula is C22H32N8O2. The SMILES string of the molecule is CCOCCn1nc(COC)c2nc(N3CCN[C@H](C)C3)nc(Nc3cccc(C)n3)c21. The molecule has 1 atom stereocenters. The highest BCUT2D eigenvalue weighted by Gasteiger charge is 2.24. The number of hydrogen-bond donors (Lipinski definition) is 2. The van der Waals surface area contributed by atoms with E-state index in [4.69, 9.17) is 24.5 Å². The Morgan fingerprint density at radius 2 is 2.12 bits per heavy atom. The van der Waals surface area contributed by atoms with E-state index in [0.29, 0.717) is 44.2 Å². The van der Waals surface area contributed by atoms with Gasteiger partial charge in [0.2, 0.25) is 5.95 Å². The fourth-order valence-corrected chi connectivity index (χ4v) is 3.90. The van der Waals surface area contributed by atoms with Crippen molar-refractivity contribution in [2.75, 3.05) is 50.2 Å². The summed E-state index contributed by atoms with van der Waals surface area (Å²) < 4.78 is 12.9. The van der Waals surface area contributed by atoms with E-state index in [1.54, 1.807) is 7.11 Å². The fraction of sp³-hybridized carbons (Fsp3) is 0.545. The Morgan fingerprint density at radius 3 is 2.88 bits per heavy atom. The second-order valence-electron chi connectivity index (χ2n) is 7.96. The van der Waals surface area contributed by atoms with Crippen molar-refractivity contribution in [2.45, 2.75) is 40.0 Å². The topological polar surface area (TPSA) is 102 Å². The van der Waals surface area contributed by atoms with Gasteiger partial charge in [-0.05, 0) is 32.9 Å². The molecule has 3 aromatic rings. The molecule has 0 bridgehead atoms. The second kappa shape index (κ2) is 10.2. The van der Waals surface area contributed by atoms with Gasteiger partial charge in [0.1, 0.15) is 22.5 Å². The summed E-state index contributed by atoms with van der Waals surface area (Å²) in [4.78, 5) is 16.7. The maximum atomic E-state index is 5.58. The zero-order valence-electron chi connectivity index (χ0n) is 19.3. The molecule has 1 aliphatic heterocycles. The third kappa shape index (κ3) is 4.98. The van der Waals surface area contributed by atoms with Gasteiger partial charge in [-0.3, -0.25) is 4.68 Å². The number of hydrogen-bond acceptors (Lipinski definition) is 9. The molecule has 3 aromatic heterocycles. The summed E-state index contributed by atoms with van der Waals surface area (Å²) in [7, 11) is 1.67. The van der Waals surface area contributed by atoms with Crippen molar-refractivity contribution >= 4 is 28.6 Å². The number of fused-ring (bicyclic) bond motifs is 1. The molecule has 172 valence electrons. The monoisotopic (exact) mass is 440 g/mol. The molecule has 32 heavy (non-hydrogen) atoms. The van der Waals surface area contributed by atoms with E-state index in [-0.39, 0.29) is 0 Å². The van der Waals surface area contributed by atoms with Crippen LogP contribution in [0.2, 0.25) is 0 Å². The molecule has 1 saturated heterocycles. The summed E-state index contributed by atoms with van der Waals surface area (Å²) in [6.07, 6.45) is 0. The van der Waals surface area contributed by atoms with Crippen LogP contribution in [0.25, 0.3) is 11.0 Å². The number of ether oxygens (including phenoxy) is 2. The smallest absolute Gasteiger partial charge is 0.228 e. The van der Waals surface area contributed by atoms with E-state index in [2.05, 4.69) is 27.4 Å². The van der Waals surface area contributed by atoms with Gasteiger partial charge in [-0.1, -0.05) is 6.07 Å². The quantitative estimate of drug-likeness (QED) is 0.485. The molecule has 0 saturated carbocycles. The van der Waals surface area contributed by atoms with E-state index in [0.717, 1.165) is 47.9 Å². The van der Waals surface area contributed by atoms with Crippen molar-refractivity contribution < 1.29 is 9.47 Å². The number of piperazine rings is 1. The molecule has 1 aliphatic rings. The minimum Gasteiger partial charge on any atom is -0.380 e. The van der Waals surface area contributed by atoms with Crippen LogP contribution in [0.15, 0.2) is 18.2 Å². The van der Waals surface area contributed by atoms with Gasteiger partial charge >= 0.3 is 0 Å². The van der Waals surface area contributed by atoms with Crippen molar-refractivity contribution in [1.29, 1.82) is 0 Å². The third-order valence-corrected chi connectivity index (χ3v) is 5.36. The normalized spacial score (nSPS) is 16.6. The summed E-state index contributed by atoms with van der Waals surface area (Å²) >= 11 is 0. The van der Waals surface area contributed by atoms with E-state index < -0.39 is 0 Å². The van der Waals surface area contributed by atoms with Crippen LogP contribution in [0.4, 0.5) is 17.6 Å². The Hall–Kier alpha value is -2.82. The highest BCUT2D eigenvalue weighted by atomic mass is 16.5. The molecule has 0 spiro atoms. The molecular weight excluding hydrogens is 408 g/mol. The maximum Gasteiger partial charge on any atom is 0.228 e. The minimum atomic E-state index is 0.366. The first-order valence-electron chi connectivity index (χ1n) is 11.1. The molecule has 0 aliphatic carbocycles. The average molecular weight is 441 g/mol. The van der Waals surface area contributed by atoms with E-state index in [1.807, 2.05) is 36.7 Å². The van der Waals surface area contributed by atoms with E-state index in [9.17, 15) is 0 Å². The number of aromatic nitrogens is 5. The van der Waals surface area contributed by atoms with E-state index in [1.165, 1.54) is 0 Å². The Kier molecular flexibility index (Phi) is 7.13. The lowest BCUT2D eigenvalue weighted by Crippen LogP contribution is -2.49. The van der Waals surface area contributed by atoms with Crippen LogP contribution in [0.1, 0.15) is 25.2 Å². The van der Waals surface area contributed by atoms with Crippen LogP contribution in [0, 0.1) is 6.92 Å². The first kappa shape index (κ1) is 22.4. The zero-order valence-corrected chi connectivity index (χ0v) is 19.3. The molecule has 0 radical (unpaired) electrons. The van der Waals surface area contributed by atoms with Crippen LogP contribution in [-0.2, 0) is 22.6 Å². The summed E-state index contributed by atoms with van der Waals surface area (Å²) in [5.74, 6) is 2.10. The maximum absolute atomic E-state index is 5.58. The lowest BCUT2D eigenvalue weighted by Gasteiger charge is -2.32. The first-order chi connectivity index (χ1) is 15.6. The van der Waals surface area contributed by atoms with Gasteiger partial charge in [0.25, 0.3) is 0 Å². The summed E-state index contributed by atoms with van der Waals surface area (Å²) in [6, 6.07) is 6.25. The number of methoxy groups -OCH3 is 1.